The Morgan fingerprint density at radius 1 is 1.47 bits per heavy atom. The summed E-state index contributed by atoms with van der Waals surface area (Å²) in [4.78, 5) is 14.8. The predicted octanol–water partition coefficient (Wildman–Crippen LogP) is 1.62. The molecule has 0 unspecified atom stereocenters. The zero-order valence-corrected chi connectivity index (χ0v) is 11.7. The van der Waals surface area contributed by atoms with E-state index in [0.29, 0.717) is 10.0 Å². The number of aliphatic carboxylic acids is 1. The number of carboxylic acids is 1. The van der Waals surface area contributed by atoms with Crippen LogP contribution in [0.4, 0.5) is 0 Å². The molecule has 1 aromatic rings. The molecule has 94 valence electrons. The maximum absolute atomic E-state index is 12.0. The molecule has 1 rings (SSSR count). The summed E-state index contributed by atoms with van der Waals surface area (Å²) in [6.45, 7) is 2.35. The molecule has 0 aromatic carbocycles. The minimum atomic E-state index is -3.79. The molecular formula is C10H12BrNO4S. The van der Waals surface area contributed by atoms with E-state index in [1.54, 1.807) is 6.07 Å². The Labute approximate surface area is 108 Å². The summed E-state index contributed by atoms with van der Waals surface area (Å²) < 4.78 is 22.7. The summed E-state index contributed by atoms with van der Waals surface area (Å²) in [6.07, 6.45) is 2.93. The van der Waals surface area contributed by atoms with Gasteiger partial charge in [0.1, 0.15) is 0 Å². The Kier molecular flexibility index (Phi) is 3.93. The minimum Gasteiger partial charge on any atom is -0.480 e. The normalized spacial score (nSPS) is 12.4. The summed E-state index contributed by atoms with van der Waals surface area (Å²) in [5.74, 6) is -1.71. The second-order valence-corrected chi connectivity index (χ2v) is 7.54. The van der Waals surface area contributed by atoms with Crippen LogP contribution in [0, 0.1) is 0 Å². The molecule has 5 nitrogen and oxygen atoms in total. The van der Waals surface area contributed by atoms with Gasteiger partial charge in [0.05, 0.1) is 5.75 Å². The SMILES string of the molecule is CC(C)(C(=O)O)S(=O)(=O)Cc1cncc(Br)c1. The van der Waals surface area contributed by atoms with Crippen molar-refractivity contribution in [3.05, 3.63) is 28.5 Å². The summed E-state index contributed by atoms with van der Waals surface area (Å²) in [5.41, 5.74) is 0.453. The van der Waals surface area contributed by atoms with E-state index in [2.05, 4.69) is 20.9 Å². The first-order valence-electron chi connectivity index (χ1n) is 4.72. The molecule has 1 N–H and O–H groups in total. The van der Waals surface area contributed by atoms with E-state index in [0.717, 1.165) is 0 Å². The van der Waals surface area contributed by atoms with Crippen LogP contribution in [0.1, 0.15) is 19.4 Å². The highest BCUT2D eigenvalue weighted by atomic mass is 79.9. The molecule has 17 heavy (non-hydrogen) atoms. The van der Waals surface area contributed by atoms with Crippen molar-refractivity contribution < 1.29 is 18.3 Å². The molecule has 1 heterocycles. The maximum Gasteiger partial charge on any atom is 0.324 e. The summed E-state index contributed by atoms with van der Waals surface area (Å²) >= 11 is 3.18. The van der Waals surface area contributed by atoms with Crippen molar-refractivity contribution in [3.8, 4) is 0 Å². The molecule has 0 spiro atoms. The van der Waals surface area contributed by atoms with Crippen molar-refractivity contribution in [2.24, 2.45) is 0 Å². The summed E-state index contributed by atoms with van der Waals surface area (Å²) in [6, 6.07) is 1.60. The van der Waals surface area contributed by atoms with Gasteiger partial charge in [0.25, 0.3) is 0 Å². The first-order valence-corrected chi connectivity index (χ1v) is 7.16. The second kappa shape index (κ2) is 4.73. The third-order valence-corrected chi connectivity index (χ3v) is 5.29. The Hall–Kier alpha value is -0.950. The molecule has 0 bridgehead atoms. The van der Waals surface area contributed by atoms with Crippen molar-refractivity contribution in [3.63, 3.8) is 0 Å². The van der Waals surface area contributed by atoms with Crippen molar-refractivity contribution in [1.82, 2.24) is 4.98 Å². The summed E-state index contributed by atoms with van der Waals surface area (Å²) in [7, 11) is -3.79. The van der Waals surface area contributed by atoms with Gasteiger partial charge in [0, 0.05) is 16.9 Å². The number of halogens is 1. The van der Waals surface area contributed by atoms with E-state index in [-0.39, 0.29) is 5.75 Å². The van der Waals surface area contributed by atoms with Crippen molar-refractivity contribution in [2.75, 3.05) is 0 Å². The number of carbonyl (C=O) groups is 1. The largest absolute Gasteiger partial charge is 0.480 e. The van der Waals surface area contributed by atoms with Crippen molar-refractivity contribution >= 4 is 31.7 Å². The molecule has 0 saturated carbocycles. The number of rotatable bonds is 4. The number of carboxylic acid groups (broad SMARTS) is 1. The first-order chi connectivity index (χ1) is 7.67. The minimum absolute atomic E-state index is 0.348. The molecule has 0 aliphatic rings. The lowest BCUT2D eigenvalue weighted by Gasteiger charge is -2.19. The zero-order valence-electron chi connectivity index (χ0n) is 9.34. The van der Waals surface area contributed by atoms with Crippen LogP contribution in [-0.2, 0) is 20.4 Å². The van der Waals surface area contributed by atoms with Crippen LogP contribution in [0.2, 0.25) is 0 Å². The molecule has 0 atom stereocenters. The smallest absolute Gasteiger partial charge is 0.324 e. The highest BCUT2D eigenvalue weighted by Gasteiger charge is 2.41. The lowest BCUT2D eigenvalue weighted by Crippen LogP contribution is -2.41. The van der Waals surface area contributed by atoms with Gasteiger partial charge in [-0.05, 0) is 41.4 Å². The average molecular weight is 322 g/mol. The fourth-order valence-corrected chi connectivity index (χ4v) is 2.70. The highest BCUT2D eigenvalue weighted by Crippen LogP contribution is 2.22. The lowest BCUT2D eigenvalue weighted by molar-refractivity contribution is -0.139. The number of hydrogen-bond acceptors (Lipinski definition) is 4. The number of sulfone groups is 1. The number of hydrogen-bond donors (Lipinski definition) is 1. The van der Waals surface area contributed by atoms with Crippen molar-refractivity contribution in [1.29, 1.82) is 0 Å². The Morgan fingerprint density at radius 2 is 2.06 bits per heavy atom. The van der Waals surface area contributed by atoms with Crippen LogP contribution in [-0.4, -0.2) is 29.2 Å². The number of pyridine rings is 1. The van der Waals surface area contributed by atoms with E-state index in [1.165, 1.54) is 26.2 Å². The van der Waals surface area contributed by atoms with Crippen LogP contribution < -0.4 is 0 Å². The van der Waals surface area contributed by atoms with E-state index < -0.39 is 20.6 Å². The van der Waals surface area contributed by atoms with Gasteiger partial charge in [0.15, 0.2) is 14.6 Å². The van der Waals surface area contributed by atoms with E-state index >= 15 is 0 Å². The van der Waals surface area contributed by atoms with Crippen LogP contribution in [0.15, 0.2) is 22.9 Å². The van der Waals surface area contributed by atoms with Gasteiger partial charge in [-0.3, -0.25) is 9.78 Å². The monoisotopic (exact) mass is 321 g/mol. The third-order valence-electron chi connectivity index (χ3n) is 2.41. The third kappa shape index (κ3) is 3.04. The number of nitrogens with zero attached hydrogens (tertiary/aromatic N) is 1. The van der Waals surface area contributed by atoms with E-state index in [9.17, 15) is 13.2 Å². The van der Waals surface area contributed by atoms with Gasteiger partial charge in [-0.2, -0.15) is 0 Å². The lowest BCUT2D eigenvalue weighted by atomic mass is 10.2. The van der Waals surface area contributed by atoms with Gasteiger partial charge in [0.2, 0.25) is 0 Å². The molecule has 0 amide bonds. The molecule has 7 heteroatoms. The quantitative estimate of drug-likeness (QED) is 0.910. The topological polar surface area (TPSA) is 84.3 Å². The fourth-order valence-electron chi connectivity index (χ4n) is 1.07. The molecule has 0 aliphatic carbocycles. The molecule has 0 aliphatic heterocycles. The Morgan fingerprint density at radius 3 is 2.53 bits per heavy atom. The van der Waals surface area contributed by atoms with E-state index in [4.69, 9.17) is 5.11 Å². The standard InChI is InChI=1S/C10H12BrNO4S/c1-10(2,9(13)14)17(15,16)6-7-3-8(11)5-12-4-7/h3-5H,6H2,1-2H3,(H,13,14). The maximum atomic E-state index is 12.0. The molecular weight excluding hydrogens is 310 g/mol. The molecule has 0 saturated heterocycles. The Bertz CT molecular complexity index is 539. The zero-order chi connectivity index (χ0) is 13.3. The van der Waals surface area contributed by atoms with E-state index in [1.807, 2.05) is 0 Å². The first kappa shape index (κ1) is 14.1. The summed E-state index contributed by atoms with van der Waals surface area (Å²) in [5, 5.41) is 8.91. The van der Waals surface area contributed by atoms with Crippen LogP contribution in [0.25, 0.3) is 0 Å². The predicted molar refractivity (Wildman–Crippen MR) is 66.3 cm³/mol. The Balaban J connectivity index is 3.07. The van der Waals surface area contributed by atoms with Gasteiger partial charge in [-0.15, -0.1) is 0 Å². The van der Waals surface area contributed by atoms with Gasteiger partial charge < -0.3 is 5.11 Å². The molecule has 0 fully saturated rings. The molecule has 1 aromatic heterocycles. The van der Waals surface area contributed by atoms with Gasteiger partial charge in [-0.1, -0.05) is 0 Å². The van der Waals surface area contributed by atoms with Crippen molar-refractivity contribution in [2.45, 2.75) is 24.3 Å². The second-order valence-electron chi connectivity index (χ2n) is 4.09. The fraction of sp³-hybridized carbons (Fsp3) is 0.400. The van der Waals surface area contributed by atoms with Crippen LogP contribution in [0.5, 0.6) is 0 Å². The average Bonchev–Trinajstić information content (AvgIpc) is 2.16. The number of aromatic nitrogens is 1. The molecule has 0 radical (unpaired) electrons. The highest BCUT2D eigenvalue weighted by molar-refractivity contribution is 9.10. The van der Waals surface area contributed by atoms with Gasteiger partial charge >= 0.3 is 5.97 Å². The van der Waals surface area contributed by atoms with Crippen LogP contribution in [0.3, 0.4) is 0 Å². The van der Waals surface area contributed by atoms with Crippen LogP contribution >= 0.6 is 15.9 Å². The van der Waals surface area contributed by atoms with Gasteiger partial charge in [-0.25, -0.2) is 8.42 Å².